The van der Waals surface area contributed by atoms with Crippen LogP contribution in [0.5, 0.6) is 5.88 Å². The van der Waals surface area contributed by atoms with Crippen LogP contribution in [0.4, 0.5) is 0 Å². The Bertz CT molecular complexity index is 543. The van der Waals surface area contributed by atoms with Crippen molar-refractivity contribution in [3.8, 4) is 5.88 Å². The monoisotopic (exact) mass is 304 g/mol. The van der Waals surface area contributed by atoms with Gasteiger partial charge in [-0.05, 0) is 0 Å². The van der Waals surface area contributed by atoms with E-state index >= 15 is 0 Å². The normalized spacial score (nSPS) is 23.0. The van der Waals surface area contributed by atoms with Gasteiger partial charge in [-0.15, -0.1) is 0 Å². The van der Waals surface area contributed by atoms with E-state index < -0.39 is 0 Å². The van der Waals surface area contributed by atoms with E-state index in [2.05, 4.69) is 9.97 Å². The summed E-state index contributed by atoms with van der Waals surface area (Å²) < 4.78 is 5.79. The van der Waals surface area contributed by atoms with Crippen LogP contribution < -0.4 is 4.74 Å². The number of likely N-dealkylation sites (tertiary alicyclic amines) is 2. The number of hydrogen-bond donors (Lipinski definition) is 0. The van der Waals surface area contributed by atoms with Crippen LogP contribution in [0.2, 0.25) is 0 Å². The number of amides is 2. The van der Waals surface area contributed by atoms with E-state index in [1.165, 1.54) is 6.33 Å². The molecule has 3 heterocycles. The second-order valence-corrected chi connectivity index (χ2v) is 5.87. The number of rotatable bonds is 3. The van der Waals surface area contributed by atoms with Crippen LogP contribution in [0, 0.1) is 5.92 Å². The van der Waals surface area contributed by atoms with Gasteiger partial charge in [-0.2, -0.15) is 0 Å². The molecule has 2 aliphatic rings. The largest absolute Gasteiger partial charge is 0.474 e. The van der Waals surface area contributed by atoms with Crippen molar-refractivity contribution in [3.63, 3.8) is 0 Å². The number of carbonyl (C=O) groups is 2. The Morgan fingerprint density at radius 1 is 1.36 bits per heavy atom. The van der Waals surface area contributed by atoms with Crippen LogP contribution >= 0.6 is 0 Å². The molecule has 0 aliphatic carbocycles. The molecule has 118 valence electrons. The Morgan fingerprint density at radius 2 is 2.14 bits per heavy atom. The van der Waals surface area contributed by atoms with Gasteiger partial charge in [-0.25, -0.2) is 9.97 Å². The molecule has 1 atom stereocenters. The summed E-state index contributed by atoms with van der Waals surface area (Å²) in [5.74, 6) is 0.540. The third-order valence-corrected chi connectivity index (χ3v) is 4.29. The van der Waals surface area contributed by atoms with Gasteiger partial charge in [0.1, 0.15) is 12.4 Å². The van der Waals surface area contributed by atoms with E-state index in [4.69, 9.17) is 4.74 Å². The lowest BCUT2D eigenvalue weighted by molar-refractivity contribution is -0.137. The zero-order chi connectivity index (χ0) is 15.5. The molecule has 2 saturated heterocycles. The van der Waals surface area contributed by atoms with Gasteiger partial charge < -0.3 is 14.5 Å². The Hall–Kier alpha value is -2.18. The van der Waals surface area contributed by atoms with Crippen molar-refractivity contribution in [1.29, 1.82) is 0 Å². The zero-order valence-corrected chi connectivity index (χ0v) is 12.6. The molecule has 1 aromatic heterocycles. The first-order valence-electron chi connectivity index (χ1n) is 7.59. The van der Waals surface area contributed by atoms with Gasteiger partial charge >= 0.3 is 0 Å². The van der Waals surface area contributed by atoms with Crippen molar-refractivity contribution in [2.24, 2.45) is 5.92 Å². The number of ether oxygens (including phenoxy) is 1. The van der Waals surface area contributed by atoms with Crippen LogP contribution in [0.25, 0.3) is 0 Å². The molecular formula is C15H20N4O3. The molecule has 1 aromatic rings. The van der Waals surface area contributed by atoms with E-state index in [1.54, 1.807) is 24.2 Å². The lowest BCUT2D eigenvalue weighted by atomic mass is 10.0. The number of aromatic nitrogens is 2. The molecule has 1 unspecified atom stereocenters. The molecule has 0 bridgehead atoms. The molecule has 7 nitrogen and oxygen atoms in total. The SMILES string of the molecule is CN1CC(C(=O)N2CCC(Oc3ccncn3)CC2)CC1=O. The maximum absolute atomic E-state index is 12.4. The van der Waals surface area contributed by atoms with Crippen molar-refractivity contribution in [1.82, 2.24) is 19.8 Å². The molecule has 0 N–H and O–H groups in total. The number of nitrogens with zero attached hydrogens (tertiary/aromatic N) is 4. The zero-order valence-electron chi connectivity index (χ0n) is 12.6. The maximum atomic E-state index is 12.4. The number of piperidine rings is 1. The van der Waals surface area contributed by atoms with Gasteiger partial charge in [-0.1, -0.05) is 0 Å². The minimum absolute atomic E-state index is 0.0559. The Morgan fingerprint density at radius 3 is 2.73 bits per heavy atom. The molecule has 0 aromatic carbocycles. The van der Waals surface area contributed by atoms with E-state index in [1.807, 2.05) is 4.90 Å². The highest BCUT2D eigenvalue weighted by atomic mass is 16.5. The predicted molar refractivity (Wildman–Crippen MR) is 78.0 cm³/mol. The quantitative estimate of drug-likeness (QED) is 0.804. The predicted octanol–water partition coefficient (Wildman–Crippen LogP) is 0.325. The van der Waals surface area contributed by atoms with Gasteiger partial charge in [-0.3, -0.25) is 9.59 Å². The molecule has 3 rings (SSSR count). The summed E-state index contributed by atoms with van der Waals surface area (Å²) in [6, 6.07) is 1.73. The summed E-state index contributed by atoms with van der Waals surface area (Å²) in [5, 5.41) is 0. The molecule has 0 spiro atoms. The van der Waals surface area contributed by atoms with Gasteiger partial charge in [0, 0.05) is 58.2 Å². The van der Waals surface area contributed by atoms with Gasteiger partial charge in [0.2, 0.25) is 17.7 Å². The van der Waals surface area contributed by atoms with E-state index in [9.17, 15) is 9.59 Å². The maximum Gasteiger partial charge on any atom is 0.227 e. The molecule has 0 radical (unpaired) electrons. The lowest BCUT2D eigenvalue weighted by Gasteiger charge is -2.33. The molecule has 2 fully saturated rings. The van der Waals surface area contributed by atoms with Crippen molar-refractivity contribution >= 4 is 11.8 Å². The summed E-state index contributed by atoms with van der Waals surface area (Å²) >= 11 is 0. The van der Waals surface area contributed by atoms with Crippen molar-refractivity contribution < 1.29 is 14.3 Å². The van der Waals surface area contributed by atoms with E-state index in [-0.39, 0.29) is 23.8 Å². The second kappa shape index (κ2) is 6.29. The topological polar surface area (TPSA) is 75.6 Å². The number of carbonyl (C=O) groups excluding carboxylic acids is 2. The lowest BCUT2D eigenvalue weighted by Crippen LogP contribution is -2.44. The first kappa shape index (κ1) is 14.7. The fourth-order valence-electron chi connectivity index (χ4n) is 3.00. The molecule has 0 saturated carbocycles. The van der Waals surface area contributed by atoms with E-state index in [0.29, 0.717) is 31.9 Å². The Labute approximate surface area is 129 Å². The van der Waals surface area contributed by atoms with Gasteiger partial charge in [0.05, 0.1) is 5.92 Å². The third-order valence-electron chi connectivity index (χ3n) is 4.29. The smallest absolute Gasteiger partial charge is 0.227 e. The highest BCUT2D eigenvalue weighted by Gasteiger charge is 2.36. The van der Waals surface area contributed by atoms with Crippen LogP contribution in [0.1, 0.15) is 19.3 Å². The summed E-state index contributed by atoms with van der Waals surface area (Å²) in [5.41, 5.74) is 0. The fraction of sp³-hybridized carbons (Fsp3) is 0.600. The van der Waals surface area contributed by atoms with Crippen LogP contribution in [0.3, 0.4) is 0 Å². The minimum atomic E-state index is -0.183. The Balaban J connectivity index is 1.49. The first-order chi connectivity index (χ1) is 10.6. The molecular weight excluding hydrogens is 284 g/mol. The van der Waals surface area contributed by atoms with Crippen LogP contribution in [-0.2, 0) is 9.59 Å². The second-order valence-electron chi connectivity index (χ2n) is 5.87. The van der Waals surface area contributed by atoms with Crippen molar-refractivity contribution in [3.05, 3.63) is 18.6 Å². The van der Waals surface area contributed by atoms with Gasteiger partial charge in [0.25, 0.3) is 0 Å². The molecule has 22 heavy (non-hydrogen) atoms. The summed E-state index contributed by atoms with van der Waals surface area (Å²) in [6.45, 7) is 1.88. The minimum Gasteiger partial charge on any atom is -0.474 e. The third kappa shape index (κ3) is 3.18. The fourth-order valence-corrected chi connectivity index (χ4v) is 3.00. The number of hydrogen-bond acceptors (Lipinski definition) is 5. The summed E-state index contributed by atoms with van der Waals surface area (Å²) in [4.78, 5) is 35.4. The van der Waals surface area contributed by atoms with Crippen molar-refractivity contribution in [2.45, 2.75) is 25.4 Å². The van der Waals surface area contributed by atoms with Gasteiger partial charge in [0.15, 0.2) is 0 Å². The molecule has 7 heteroatoms. The highest BCUT2D eigenvalue weighted by Crippen LogP contribution is 2.22. The molecule has 2 aliphatic heterocycles. The molecule has 2 amide bonds. The summed E-state index contributed by atoms with van der Waals surface area (Å²) in [7, 11) is 1.75. The first-order valence-corrected chi connectivity index (χ1v) is 7.59. The van der Waals surface area contributed by atoms with Crippen LogP contribution in [0.15, 0.2) is 18.6 Å². The summed E-state index contributed by atoms with van der Waals surface area (Å²) in [6.07, 6.45) is 5.09. The standard InChI is InChI=1S/C15H20N4O3/c1-18-9-11(8-14(18)20)15(21)19-6-3-12(4-7-19)22-13-2-5-16-10-17-13/h2,5,10-12H,3-4,6-9H2,1H3. The highest BCUT2D eigenvalue weighted by molar-refractivity contribution is 5.89. The average molecular weight is 304 g/mol. The average Bonchev–Trinajstić information content (AvgIpc) is 2.88. The van der Waals surface area contributed by atoms with E-state index in [0.717, 1.165) is 12.8 Å². The Kier molecular flexibility index (Phi) is 4.22. The van der Waals surface area contributed by atoms with Crippen LogP contribution in [-0.4, -0.2) is 64.4 Å². The van der Waals surface area contributed by atoms with Crippen molar-refractivity contribution in [2.75, 3.05) is 26.7 Å².